The Kier molecular flexibility index (Phi) is 6.89. The summed E-state index contributed by atoms with van der Waals surface area (Å²) < 4.78 is 31.3. The molecule has 1 spiro atoms. The quantitative estimate of drug-likeness (QED) is 0.521. The van der Waals surface area contributed by atoms with Crippen molar-refractivity contribution in [1.82, 2.24) is 0 Å². The monoisotopic (exact) mass is 466 g/mol. The molecule has 1 aliphatic carbocycles. The van der Waals surface area contributed by atoms with Crippen LogP contribution in [0.2, 0.25) is 0 Å². The molecule has 5 nitrogen and oxygen atoms in total. The van der Waals surface area contributed by atoms with Crippen LogP contribution in [-0.2, 0) is 25.5 Å². The molecule has 2 aliphatic rings. The fraction of sp³-hybridized carbons (Fsp3) is 0.429. The number of rotatable bonds is 7. The first-order valence-corrected chi connectivity index (χ1v) is 11.7. The Bertz CT molecular complexity index is 1100. The SMILES string of the molecule is COC(=O)[C@H]1CC[C@@]2(C=C(c3cc(CC(C)=O)ccc3OC(C)C)CO2)[C@@H]1c1ccc(F)cc1. The van der Waals surface area contributed by atoms with Crippen LogP contribution >= 0.6 is 0 Å². The van der Waals surface area contributed by atoms with Gasteiger partial charge in [-0.05, 0) is 80.7 Å². The maximum atomic E-state index is 13.7. The van der Waals surface area contributed by atoms with E-state index in [2.05, 4.69) is 6.08 Å². The molecule has 3 atom stereocenters. The number of ether oxygens (including phenoxy) is 3. The Labute approximate surface area is 199 Å². The molecule has 0 saturated heterocycles. The van der Waals surface area contributed by atoms with E-state index >= 15 is 0 Å². The summed E-state index contributed by atoms with van der Waals surface area (Å²) in [7, 11) is 1.39. The van der Waals surface area contributed by atoms with Gasteiger partial charge in [-0.15, -0.1) is 0 Å². The van der Waals surface area contributed by atoms with Gasteiger partial charge < -0.3 is 14.2 Å². The van der Waals surface area contributed by atoms with Crippen molar-refractivity contribution in [1.29, 1.82) is 0 Å². The lowest BCUT2D eigenvalue weighted by atomic mass is 9.79. The second-order valence-electron chi connectivity index (χ2n) is 9.49. The molecule has 1 heterocycles. The number of ketones is 1. The number of hydrogen-bond donors (Lipinski definition) is 0. The molecular formula is C28H31FO5. The molecule has 2 aromatic carbocycles. The molecule has 34 heavy (non-hydrogen) atoms. The van der Waals surface area contributed by atoms with Crippen LogP contribution in [0.5, 0.6) is 5.75 Å². The van der Waals surface area contributed by atoms with Gasteiger partial charge in [0.1, 0.15) is 17.3 Å². The van der Waals surface area contributed by atoms with Crippen molar-refractivity contribution < 1.29 is 28.2 Å². The van der Waals surface area contributed by atoms with E-state index in [-0.39, 0.29) is 35.5 Å². The number of Topliss-reactive ketones (excluding diaryl/α,β-unsaturated/α-hetero) is 1. The minimum Gasteiger partial charge on any atom is -0.490 e. The summed E-state index contributed by atoms with van der Waals surface area (Å²) in [6.07, 6.45) is 3.68. The predicted molar refractivity (Wildman–Crippen MR) is 127 cm³/mol. The zero-order chi connectivity index (χ0) is 24.5. The van der Waals surface area contributed by atoms with Gasteiger partial charge in [0.15, 0.2) is 0 Å². The number of hydrogen-bond acceptors (Lipinski definition) is 5. The van der Waals surface area contributed by atoms with Crippen molar-refractivity contribution in [3.05, 3.63) is 71.0 Å². The Balaban J connectivity index is 1.78. The fourth-order valence-corrected chi connectivity index (χ4v) is 5.29. The maximum absolute atomic E-state index is 13.7. The molecule has 0 N–H and O–H groups in total. The molecule has 1 aliphatic heterocycles. The molecule has 0 radical (unpaired) electrons. The summed E-state index contributed by atoms with van der Waals surface area (Å²) in [5, 5.41) is 0. The summed E-state index contributed by atoms with van der Waals surface area (Å²) in [5.41, 5.74) is 2.89. The smallest absolute Gasteiger partial charge is 0.309 e. The number of methoxy groups -OCH3 is 1. The number of carbonyl (C=O) groups excluding carboxylic acids is 2. The first-order valence-electron chi connectivity index (χ1n) is 11.7. The molecule has 2 aromatic rings. The van der Waals surface area contributed by atoms with Gasteiger partial charge in [-0.2, -0.15) is 0 Å². The lowest BCUT2D eigenvalue weighted by Gasteiger charge is -2.31. The van der Waals surface area contributed by atoms with E-state index < -0.39 is 5.60 Å². The van der Waals surface area contributed by atoms with Gasteiger partial charge in [0.2, 0.25) is 0 Å². The highest BCUT2D eigenvalue weighted by Gasteiger charge is 2.54. The van der Waals surface area contributed by atoms with E-state index in [0.717, 1.165) is 28.0 Å². The summed E-state index contributed by atoms with van der Waals surface area (Å²) in [6, 6.07) is 12.1. The third kappa shape index (κ3) is 4.78. The molecule has 1 saturated carbocycles. The van der Waals surface area contributed by atoms with Crippen LogP contribution < -0.4 is 4.74 Å². The Morgan fingerprint density at radius 1 is 1.18 bits per heavy atom. The lowest BCUT2D eigenvalue weighted by Crippen LogP contribution is -2.34. The minimum absolute atomic E-state index is 0.0172. The van der Waals surface area contributed by atoms with Gasteiger partial charge in [0.25, 0.3) is 0 Å². The first kappa shape index (κ1) is 24.1. The standard InChI is InChI=1S/C28H31FO5/c1-17(2)34-25-10-5-19(13-18(3)30)14-24(25)21-15-28(33-16-21)12-11-23(27(31)32-4)26(28)20-6-8-22(29)9-7-20/h5-10,14-15,17,23,26H,11-13,16H2,1-4H3/t23-,26+,28+/m0/s1. The highest BCUT2D eigenvalue weighted by atomic mass is 19.1. The maximum Gasteiger partial charge on any atom is 0.309 e. The van der Waals surface area contributed by atoms with Gasteiger partial charge >= 0.3 is 5.97 Å². The van der Waals surface area contributed by atoms with E-state index in [1.54, 1.807) is 19.1 Å². The third-order valence-corrected chi connectivity index (χ3v) is 6.63. The van der Waals surface area contributed by atoms with Crippen molar-refractivity contribution in [2.24, 2.45) is 5.92 Å². The van der Waals surface area contributed by atoms with E-state index in [9.17, 15) is 14.0 Å². The van der Waals surface area contributed by atoms with Crippen LogP contribution in [0.25, 0.3) is 5.57 Å². The topological polar surface area (TPSA) is 61.8 Å². The van der Waals surface area contributed by atoms with Gasteiger partial charge in [-0.25, -0.2) is 4.39 Å². The fourth-order valence-electron chi connectivity index (χ4n) is 5.29. The number of benzene rings is 2. The van der Waals surface area contributed by atoms with Crippen LogP contribution in [0, 0.1) is 11.7 Å². The van der Waals surface area contributed by atoms with Crippen molar-refractivity contribution in [3.8, 4) is 5.75 Å². The lowest BCUT2D eigenvalue weighted by molar-refractivity contribution is -0.146. The zero-order valence-corrected chi connectivity index (χ0v) is 20.1. The van der Waals surface area contributed by atoms with Crippen LogP contribution in [0.3, 0.4) is 0 Å². The highest BCUT2D eigenvalue weighted by Crippen LogP contribution is 2.54. The van der Waals surface area contributed by atoms with E-state index in [0.29, 0.717) is 25.9 Å². The van der Waals surface area contributed by atoms with Crippen LogP contribution in [0.1, 0.15) is 56.2 Å². The highest BCUT2D eigenvalue weighted by molar-refractivity contribution is 5.80. The second kappa shape index (κ2) is 9.71. The normalized spacial score (nSPS) is 23.9. The predicted octanol–water partition coefficient (Wildman–Crippen LogP) is 5.26. The molecule has 0 aromatic heterocycles. The Morgan fingerprint density at radius 3 is 2.56 bits per heavy atom. The summed E-state index contributed by atoms with van der Waals surface area (Å²) >= 11 is 0. The summed E-state index contributed by atoms with van der Waals surface area (Å²) in [4.78, 5) is 24.4. The van der Waals surface area contributed by atoms with Crippen molar-refractivity contribution in [2.75, 3.05) is 13.7 Å². The Hall–Kier alpha value is -2.99. The van der Waals surface area contributed by atoms with Crippen molar-refractivity contribution in [2.45, 2.75) is 57.7 Å². The summed E-state index contributed by atoms with van der Waals surface area (Å²) in [5.74, 6) is -0.482. The first-order chi connectivity index (χ1) is 16.2. The van der Waals surface area contributed by atoms with Crippen LogP contribution in [-0.4, -0.2) is 37.2 Å². The minimum atomic E-state index is -0.711. The Morgan fingerprint density at radius 2 is 1.91 bits per heavy atom. The second-order valence-corrected chi connectivity index (χ2v) is 9.49. The van der Waals surface area contributed by atoms with E-state index in [1.165, 1.54) is 19.2 Å². The van der Waals surface area contributed by atoms with Gasteiger partial charge in [-0.1, -0.05) is 18.2 Å². The third-order valence-electron chi connectivity index (χ3n) is 6.63. The molecule has 0 unspecified atom stereocenters. The van der Waals surface area contributed by atoms with Crippen LogP contribution in [0.4, 0.5) is 4.39 Å². The largest absolute Gasteiger partial charge is 0.490 e. The van der Waals surface area contributed by atoms with E-state index in [1.807, 2.05) is 32.0 Å². The van der Waals surface area contributed by atoms with Crippen molar-refractivity contribution >= 4 is 17.3 Å². The van der Waals surface area contributed by atoms with Crippen LogP contribution in [0.15, 0.2) is 48.5 Å². The van der Waals surface area contributed by atoms with Crippen molar-refractivity contribution in [3.63, 3.8) is 0 Å². The average Bonchev–Trinajstić information content (AvgIpc) is 3.38. The molecule has 4 rings (SSSR count). The average molecular weight is 467 g/mol. The van der Waals surface area contributed by atoms with E-state index in [4.69, 9.17) is 14.2 Å². The molecular weight excluding hydrogens is 435 g/mol. The molecule has 180 valence electrons. The van der Waals surface area contributed by atoms with Gasteiger partial charge in [0, 0.05) is 17.9 Å². The molecule has 6 heteroatoms. The molecule has 0 amide bonds. The number of esters is 1. The van der Waals surface area contributed by atoms with Gasteiger partial charge in [-0.3, -0.25) is 9.59 Å². The molecule has 0 bridgehead atoms. The number of halogens is 1. The summed E-state index contributed by atoms with van der Waals surface area (Å²) in [6.45, 7) is 5.86. The molecule has 1 fully saturated rings. The van der Waals surface area contributed by atoms with Gasteiger partial charge in [0.05, 0.1) is 31.3 Å². The number of carbonyl (C=O) groups is 2. The zero-order valence-electron chi connectivity index (χ0n) is 20.1.